The molecule has 0 spiro atoms. The number of nitrogens with one attached hydrogen (secondary N) is 1. The van der Waals surface area contributed by atoms with Crippen molar-refractivity contribution in [2.24, 2.45) is 0 Å². The number of ether oxygens (including phenoxy) is 1. The van der Waals surface area contributed by atoms with Gasteiger partial charge in [0.1, 0.15) is 5.75 Å². The van der Waals surface area contributed by atoms with Crippen LogP contribution in [0.4, 0.5) is 0 Å². The largest absolute Gasteiger partial charge is 0.497 e. The number of halogens is 2. The van der Waals surface area contributed by atoms with Gasteiger partial charge in [-0.05, 0) is 29.7 Å². The van der Waals surface area contributed by atoms with Gasteiger partial charge in [0, 0.05) is 32.2 Å². The van der Waals surface area contributed by atoms with Crippen LogP contribution in [-0.4, -0.2) is 38.2 Å². The molecule has 0 radical (unpaired) electrons. The molecule has 5 heteroatoms. The van der Waals surface area contributed by atoms with Crippen LogP contribution in [0.25, 0.3) is 0 Å². The molecule has 1 atom stereocenters. The Morgan fingerprint density at radius 2 is 2.11 bits per heavy atom. The summed E-state index contributed by atoms with van der Waals surface area (Å²) in [6.45, 7) is 4.56. The van der Waals surface area contributed by atoms with Gasteiger partial charge in [-0.3, -0.25) is 4.90 Å². The maximum absolute atomic E-state index is 5.32. The number of fused-ring (bicyclic) bond motifs is 3. The highest BCUT2D eigenvalue weighted by molar-refractivity contribution is 5.85. The Morgan fingerprint density at radius 1 is 1.28 bits per heavy atom. The number of hydrogen-bond donors (Lipinski definition) is 1. The highest BCUT2D eigenvalue weighted by Crippen LogP contribution is 2.32. The van der Waals surface area contributed by atoms with Crippen LogP contribution in [0.2, 0.25) is 0 Å². The molecule has 2 aliphatic rings. The maximum Gasteiger partial charge on any atom is 0.119 e. The van der Waals surface area contributed by atoms with Gasteiger partial charge in [0.15, 0.2) is 0 Å². The molecule has 0 aromatic heterocycles. The van der Waals surface area contributed by atoms with Gasteiger partial charge < -0.3 is 10.1 Å². The Labute approximate surface area is 121 Å². The lowest BCUT2D eigenvalue weighted by atomic mass is 9.91. The van der Waals surface area contributed by atoms with Crippen molar-refractivity contribution in [2.45, 2.75) is 12.5 Å². The van der Waals surface area contributed by atoms with Crippen molar-refractivity contribution < 1.29 is 4.74 Å². The Morgan fingerprint density at radius 3 is 2.89 bits per heavy atom. The van der Waals surface area contributed by atoms with Gasteiger partial charge in [0.2, 0.25) is 0 Å². The fraction of sp³-hybridized carbons (Fsp3) is 0.538. The third kappa shape index (κ3) is 2.75. The second-order valence-corrected chi connectivity index (χ2v) is 4.57. The van der Waals surface area contributed by atoms with E-state index in [2.05, 4.69) is 28.4 Å². The summed E-state index contributed by atoms with van der Waals surface area (Å²) in [7, 11) is 1.74. The van der Waals surface area contributed by atoms with E-state index in [1.807, 2.05) is 0 Å². The lowest BCUT2D eigenvalue weighted by molar-refractivity contribution is 0.151. The first-order valence-electron chi connectivity index (χ1n) is 6.00. The Bertz CT molecular complexity index is 401. The van der Waals surface area contributed by atoms with E-state index in [9.17, 15) is 0 Å². The lowest BCUT2D eigenvalue weighted by Crippen LogP contribution is -2.48. The summed E-state index contributed by atoms with van der Waals surface area (Å²) < 4.78 is 5.32. The van der Waals surface area contributed by atoms with E-state index in [0.29, 0.717) is 6.04 Å². The third-order valence-corrected chi connectivity index (χ3v) is 3.73. The average molecular weight is 291 g/mol. The van der Waals surface area contributed by atoms with E-state index in [4.69, 9.17) is 4.74 Å². The van der Waals surface area contributed by atoms with E-state index in [1.165, 1.54) is 30.6 Å². The third-order valence-electron chi connectivity index (χ3n) is 3.73. The quantitative estimate of drug-likeness (QED) is 0.857. The summed E-state index contributed by atoms with van der Waals surface area (Å²) in [5.41, 5.74) is 2.95. The molecule has 3 rings (SSSR count). The number of hydrogen-bond acceptors (Lipinski definition) is 3. The van der Waals surface area contributed by atoms with Crippen LogP contribution in [-0.2, 0) is 6.42 Å². The SMILES string of the molecule is COc1ccc2c(c1)C1CNCCN1CC2.Cl.Cl. The number of methoxy groups -OCH3 is 1. The summed E-state index contributed by atoms with van der Waals surface area (Å²) in [5.74, 6) is 0.978. The molecule has 1 N–H and O–H groups in total. The van der Waals surface area contributed by atoms with Crippen molar-refractivity contribution in [3.63, 3.8) is 0 Å². The average Bonchev–Trinajstić information content (AvgIpc) is 2.38. The number of rotatable bonds is 1. The molecule has 0 amide bonds. The highest BCUT2D eigenvalue weighted by atomic mass is 35.5. The summed E-state index contributed by atoms with van der Waals surface area (Å²) in [6, 6.07) is 7.05. The second kappa shape index (κ2) is 6.62. The predicted molar refractivity (Wildman–Crippen MR) is 78.4 cm³/mol. The molecule has 1 saturated heterocycles. The van der Waals surface area contributed by atoms with Crippen LogP contribution >= 0.6 is 24.8 Å². The molecular weight excluding hydrogens is 271 g/mol. The van der Waals surface area contributed by atoms with Crippen molar-refractivity contribution in [1.82, 2.24) is 10.2 Å². The number of piperazine rings is 1. The summed E-state index contributed by atoms with van der Waals surface area (Å²) in [5, 5.41) is 3.48. The van der Waals surface area contributed by atoms with Gasteiger partial charge >= 0.3 is 0 Å². The molecule has 2 heterocycles. The zero-order chi connectivity index (χ0) is 11.0. The molecule has 2 aliphatic heterocycles. The monoisotopic (exact) mass is 290 g/mol. The van der Waals surface area contributed by atoms with E-state index >= 15 is 0 Å². The molecule has 18 heavy (non-hydrogen) atoms. The fourth-order valence-electron chi connectivity index (χ4n) is 2.82. The molecule has 0 bridgehead atoms. The standard InChI is InChI=1S/C13H18N2O.2ClH/c1-16-11-3-2-10-4-6-15-7-5-14-9-13(15)12(10)8-11;;/h2-3,8,13-14H,4-7,9H2,1H3;2*1H. The number of benzene rings is 1. The molecule has 0 aliphatic carbocycles. The van der Waals surface area contributed by atoms with Gasteiger partial charge in [-0.1, -0.05) is 6.07 Å². The van der Waals surface area contributed by atoms with Crippen molar-refractivity contribution in [1.29, 1.82) is 0 Å². The highest BCUT2D eigenvalue weighted by Gasteiger charge is 2.29. The Kier molecular flexibility index (Phi) is 5.73. The molecule has 1 unspecified atom stereocenters. The summed E-state index contributed by atoms with van der Waals surface area (Å²) >= 11 is 0. The smallest absolute Gasteiger partial charge is 0.119 e. The fourth-order valence-corrected chi connectivity index (χ4v) is 2.82. The van der Waals surface area contributed by atoms with Crippen LogP contribution in [0.15, 0.2) is 18.2 Å². The van der Waals surface area contributed by atoms with Crippen molar-refractivity contribution in [3.05, 3.63) is 29.3 Å². The molecule has 1 fully saturated rings. The molecule has 1 aromatic rings. The molecule has 3 nitrogen and oxygen atoms in total. The van der Waals surface area contributed by atoms with E-state index in [-0.39, 0.29) is 24.8 Å². The first-order chi connectivity index (χ1) is 7.88. The van der Waals surface area contributed by atoms with E-state index in [0.717, 1.165) is 18.8 Å². The van der Waals surface area contributed by atoms with Crippen LogP contribution in [0.3, 0.4) is 0 Å². The minimum absolute atomic E-state index is 0. The van der Waals surface area contributed by atoms with Crippen LogP contribution in [0.1, 0.15) is 17.2 Å². The Balaban J connectivity index is 0.000000810. The molecular formula is C13H20Cl2N2O. The van der Waals surface area contributed by atoms with Gasteiger partial charge in [-0.2, -0.15) is 0 Å². The first-order valence-corrected chi connectivity index (χ1v) is 6.00. The van der Waals surface area contributed by atoms with Crippen LogP contribution in [0.5, 0.6) is 5.75 Å². The molecule has 102 valence electrons. The van der Waals surface area contributed by atoms with Gasteiger partial charge in [0.05, 0.1) is 7.11 Å². The topological polar surface area (TPSA) is 24.5 Å². The maximum atomic E-state index is 5.32. The minimum Gasteiger partial charge on any atom is -0.497 e. The summed E-state index contributed by atoms with van der Waals surface area (Å²) in [4.78, 5) is 2.58. The van der Waals surface area contributed by atoms with Crippen LogP contribution in [0, 0.1) is 0 Å². The summed E-state index contributed by atoms with van der Waals surface area (Å²) in [6.07, 6.45) is 1.18. The first kappa shape index (κ1) is 15.6. The minimum atomic E-state index is 0. The van der Waals surface area contributed by atoms with Gasteiger partial charge in [-0.25, -0.2) is 0 Å². The number of nitrogens with zero attached hydrogens (tertiary/aromatic N) is 1. The predicted octanol–water partition coefficient (Wildman–Crippen LogP) is 2.04. The zero-order valence-electron chi connectivity index (χ0n) is 10.5. The molecule has 0 saturated carbocycles. The Hall–Kier alpha value is -0.480. The van der Waals surface area contributed by atoms with Crippen molar-refractivity contribution in [3.8, 4) is 5.75 Å². The van der Waals surface area contributed by atoms with Crippen LogP contribution < -0.4 is 10.1 Å². The van der Waals surface area contributed by atoms with E-state index in [1.54, 1.807) is 7.11 Å². The lowest BCUT2D eigenvalue weighted by Gasteiger charge is -2.40. The van der Waals surface area contributed by atoms with Crippen molar-refractivity contribution in [2.75, 3.05) is 33.3 Å². The zero-order valence-corrected chi connectivity index (χ0v) is 12.1. The van der Waals surface area contributed by atoms with Gasteiger partial charge in [0.25, 0.3) is 0 Å². The van der Waals surface area contributed by atoms with E-state index < -0.39 is 0 Å². The normalized spacial score (nSPS) is 21.9. The molecule has 1 aromatic carbocycles. The van der Waals surface area contributed by atoms with Crippen molar-refractivity contribution >= 4 is 24.8 Å². The van der Waals surface area contributed by atoms with Gasteiger partial charge in [-0.15, -0.1) is 24.8 Å². The second-order valence-electron chi connectivity index (χ2n) is 4.57.